The van der Waals surface area contributed by atoms with Gasteiger partial charge in [0.05, 0.1) is 49.4 Å². The van der Waals surface area contributed by atoms with E-state index < -0.39 is 23.9 Å². The lowest BCUT2D eigenvalue weighted by Crippen LogP contribution is -2.31. The molecule has 538 valence electrons. The fraction of sp³-hybridized carbons (Fsp3) is 0.692. The minimum absolute atomic E-state index is 0.0315. The first-order valence-corrected chi connectivity index (χ1v) is 36.2. The molecule has 0 radical (unpaired) electrons. The van der Waals surface area contributed by atoms with Crippen LogP contribution in [-0.4, -0.2) is 150 Å². The third-order valence-corrected chi connectivity index (χ3v) is 18.0. The number of carbonyl (C=O) groups is 8. The molecular weight excluding hydrogens is 1220 g/mol. The van der Waals surface area contributed by atoms with E-state index in [4.69, 9.17) is 37.9 Å². The van der Waals surface area contributed by atoms with Gasteiger partial charge in [-0.2, -0.15) is 0 Å². The normalized spacial score (nSPS) is 17.6. The SMILES string of the molecule is CC(C)=CCCC1=CCC(C(=O)OCCOC(=O)CCN(CCCCCCN(CCC(=O)OCCOC(=O)C2CC=C(CCC=C(C)C)CC2)CCC(=O)OCCOC(=O)C2CC=C(CCC=C(C)C)CC2)CCC(=O)OCCOC(=O)C2CC=C(CCC=C(C)C)CC2)CC1. The number of hydrogen-bond acceptors (Lipinski definition) is 18. The Bertz CT molecular complexity index is 2320. The van der Waals surface area contributed by atoms with Crippen LogP contribution in [0.15, 0.2) is 93.2 Å². The van der Waals surface area contributed by atoms with E-state index in [0.29, 0.717) is 65.0 Å². The summed E-state index contributed by atoms with van der Waals surface area (Å²) in [6.45, 7) is 18.8. The number of carbonyl (C=O) groups excluding carboxylic acids is 8. The van der Waals surface area contributed by atoms with Crippen molar-refractivity contribution in [2.24, 2.45) is 23.7 Å². The van der Waals surface area contributed by atoms with Gasteiger partial charge < -0.3 is 47.7 Å². The summed E-state index contributed by atoms with van der Waals surface area (Å²) in [6, 6.07) is 0. The topological polar surface area (TPSA) is 217 Å². The monoisotopic (exact) mass is 1340 g/mol. The van der Waals surface area contributed by atoms with Crippen LogP contribution in [0.4, 0.5) is 0 Å². The Morgan fingerprint density at radius 1 is 0.323 bits per heavy atom. The molecule has 0 N–H and O–H groups in total. The molecule has 18 nitrogen and oxygen atoms in total. The second-order valence-electron chi connectivity index (χ2n) is 27.3. The number of rotatable bonds is 47. The highest BCUT2D eigenvalue weighted by Crippen LogP contribution is 2.31. The van der Waals surface area contributed by atoms with E-state index in [1.54, 1.807) is 0 Å². The average Bonchev–Trinajstić information content (AvgIpc) is 2.48. The quantitative estimate of drug-likeness (QED) is 0.0239. The van der Waals surface area contributed by atoms with Gasteiger partial charge in [0.1, 0.15) is 52.9 Å². The van der Waals surface area contributed by atoms with E-state index in [9.17, 15) is 38.4 Å². The number of esters is 8. The van der Waals surface area contributed by atoms with Crippen LogP contribution in [0, 0.1) is 23.7 Å². The standard InChI is InChI=1S/C78H120N2O16/c1-59(2)17-13-21-63-25-33-67(34-26-63)75(85)93-55-51-89-71(81)41-47-79(48-42-72(82)90-52-56-94-76(86)68-35-27-64(28-36-68)22-14-18-60(3)4)45-11-9-10-12-46-80(49-43-73(83)91-53-57-95-77(87)69-37-29-65(30-38-69)23-15-19-61(5)6)50-44-74(84)92-54-58-96-78(88)70-39-31-66(32-40-70)24-16-20-62(7)8/h17-20,25,27,29,31,67-70H,9-16,21-24,26,28,30,32-58H2,1-8H3. The molecule has 0 saturated heterocycles. The van der Waals surface area contributed by atoms with Crippen molar-refractivity contribution in [1.29, 1.82) is 0 Å². The van der Waals surface area contributed by atoms with Crippen molar-refractivity contribution in [1.82, 2.24) is 9.80 Å². The van der Waals surface area contributed by atoms with Gasteiger partial charge in [-0.05, 0) is 210 Å². The Balaban J connectivity index is 1.24. The van der Waals surface area contributed by atoms with Crippen LogP contribution < -0.4 is 0 Å². The maximum absolute atomic E-state index is 13.0. The average molecular weight is 1340 g/mol. The van der Waals surface area contributed by atoms with Crippen molar-refractivity contribution in [3.63, 3.8) is 0 Å². The van der Waals surface area contributed by atoms with E-state index in [-0.39, 0.29) is 126 Å². The molecule has 4 aliphatic carbocycles. The van der Waals surface area contributed by atoms with Gasteiger partial charge in [0.15, 0.2) is 0 Å². The molecule has 0 saturated carbocycles. The molecule has 0 amide bonds. The minimum Gasteiger partial charge on any atom is -0.462 e. The molecule has 0 aromatic carbocycles. The molecule has 18 heteroatoms. The Morgan fingerprint density at radius 3 is 0.740 bits per heavy atom. The van der Waals surface area contributed by atoms with E-state index >= 15 is 0 Å². The summed E-state index contributed by atoms with van der Waals surface area (Å²) >= 11 is 0. The number of hydrogen-bond donors (Lipinski definition) is 0. The van der Waals surface area contributed by atoms with Crippen molar-refractivity contribution < 1.29 is 76.3 Å². The molecule has 4 aliphatic rings. The number of nitrogens with zero attached hydrogens (tertiary/aromatic N) is 2. The summed E-state index contributed by atoms with van der Waals surface area (Å²) in [5, 5.41) is 0. The molecule has 4 rings (SSSR count). The fourth-order valence-electron chi connectivity index (χ4n) is 12.1. The third kappa shape index (κ3) is 38.5. The molecule has 0 spiro atoms. The van der Waals surface area contributed by atoms with Crippen molar-refractivity contribution in [3.05, 3.63) is 93.2 Å². The van der Waals surface area contributed by atoms with Crippen LogP contribution in [0.3, 0.4) is 0 Å². The molecule has 96 heavy (non-hydrogen) atoms. The largest absolute Gasteiger partial charge is 0.462 e. The molecule has 0 aromatic rings. The van der Waals surface area contributed by atoms with Gasteiger partial charge in [0, 0.05) is 26.2 Å². The zero-order valence-electron chi connectivity index (χ0n) is 60.1. The molecule has 0 fully saturated rings. The Labute approximate surface area is 575 Å². The lowest BCUT2D eigenvalue weighted by molar-refractivity contribution is -0.155. The molecule has 0 heterocycles. The van der Waals surface area contributed by atoms with Gasteiger partial charge in [-0.1, -0.05) is 106 Å². The Kier molecular flexibility index (Phi) is 42.0. The summed E-state index contributed by atoms with van der Waals surface area (Å²) in [5.41, 5.74) is 10.7. The van der Waals surface area contributed by atoms with E-state index in [0.717, 1.165) is 128 Å². The zero-order valence-corrected chi connectivity index (χ0v) is 60.1. The van der Waals surface area contributed by atoms with E-state index in [2.05, 4.69) is 104 Å². The zero-order chi connectivity index (χ0) is 69.7. The summed E-state index contributed by atoms with van der Waals surface area (Å²) in [7, 11) is 0. The molecule has 0 aromatic heterocycles. The van der Waals surface area contributed by atoms with E-state index in [1.165, 1.54) is 44.6 Å². The van der Waals surface area contributed by atoms with Gasteiger partial charge in [0.25, 0.3) is 0 Å². The van der Waals surface area contributed by atoms with Gasteiger partial charge in [-0.25, -0.2) is 0 Å². The summed E-state index contributed by atoms with van der Waals surface area (Å²) in [5.74, 6) is -3.75. The molecule has 0 bridgehead atoms. The molecular formula is C78H120N2O16. The van der Waals surface area contributed by atoms with Gasteiger partial charge >= 0.3 is 47.8 Å². The van der Waals surface area contributed by atoms with Crippen LogP contribution in [0.25, 0.3) is 0 Å². The highest BCUT2D eigenvalue weighted by Gasteiger charge is 2.27. The molecule has 4 atom stereocenters. The number of unbranched alkanes of at least 4 members (excludes halogenated alkanes) is 3. The minimum atomic E-state index is -0.449. The number of allylic oxidation sites excluding steroid dienone is 16. The highest BCUT2D eigenvalue weighted by molar-refractivity contribution is 5.75. The summed E-state index contributed by atoms with van der Waals surface area (Å²) < 4.78 is 43.9. The smallest absolute Gasteiger partial charge is 0.309 e. The van der Waals surface area contributed by atoms with Gasteiger partial charge in [-0.15, -0.1) is 0 Å². The van der Waals surface area contributed by atoms with Crippen molar-refractivity contribution in [2.75, 3.05) is 92.1 Å². The maximum Gasteiger partial charge on any atom is 0.309 e. The first kappa shape index (κ1) is 82.0. The predicted molar refractivity (Wildman–Crippen MR) is 374 cm³/mol. The first-order valence-electron chi connectivity index (χ1n) is 36.2. The highest BCUT2D eigenvalue weighted by atomic mass is 16.6. The number of ether oxygens (including phenoxy) is 8. The van der Waals surface area contributed by atoms with Gasteiger partial charge in [-0.3, -0.25) is 38.4 Å². The molecule has 4 unspecified atom stereocenters. The van der Waals surface area contributed by atoms with Crippen LogP contribution in [0.2, 0.25) is 0 Å². The van der Waals surface area contributed by atoms with Crippen LogP contribution in [0.5, 0.6) is 0 Å². The third-order valence-electron chi connectivity index (χ3n) is 18.0. The maximum atomic E-state index is 13.0. The second kappa shape index (κ2) is 49.2. The lowest BCUT2D eigenvalue weighted by atomic mass is 9.88. The van der Waals surface area contributed by atoms with Crippen LogP contribution >= 0.6 is 0 Å². The fourth-order valence-corrected chi connectivity index (χ4v) is 12.1. The van der Waals surface area contributed by atoms with E-state index in [1.807, 2.05) is 9.80 Å². The van der Waals surface area contributed by atoms with Gasteiger partial charge in [0.2, 0.25) is 0 Å². The van der Waals surface area contributed by atoms with Crippen LogP contribution in [-0.2, 0) is 76.3 Å². The lowest BCUT2D eigenvalue weighted by Gasteiger charge is -2.23. The Morgan fingerprint density at radius 2 is 0.542 bits per heavy atom. The molecule has 0 aliphatic heterocycles. The Hall–Kier alpha value is -6.40. The first-order chi connectivity index (χ1) is 46.2. The second-order valence-corrected chi connectivity index (χ2v) is 27.3. The van der Waals surface area contributed by atoms with Crippen LogP contribution in [0.1, 0.15) is 235 Å². The van der Waals surface area contributed by atoms with Crippen molar-refractivity contribution in [2.45, 2.75) is 235 Å². The summed E-state index contributed by atoms with van der Waals surface area (Å²) in [4.78, 5) is 108. The van der Waals surface area contributed by atoms with Crippen molar-refractivity contribution >= 4 is 47.8 Å². The predicted octanol–water partition coefficient (Wildman–Crippen LogP) is 14.9. The van der Waals surface area contributed by atoms with Crippen molar-refractivity contribution in [3.8, 4) is 0 Å². The summed E-state index contributed by atoms with van der Waals surface area (Å²) in [6.07, 6.45) is 37.8.